The van der Waals surface area contributed by atoms with Gasteiger partial charge in [0.25, 0.3) is 0 Å². The van der Waals surface area contributed by atoms with Gasteiger partial charge in [0.15, 0.2) is 0 Å². The molecule has 0 radical (unpaired) electrons. The molecule has 0 aliphatic carbocycles. The van der Waals surface area contributed by atoms with Crippen LogP contribution >= 0.6 is 15.9 Å². The average molecular weight is 317 g/mol. The fourth-order valence-corrected chi connectivity index (χ4v) is 2.27. The van der Waals surface area contributed by atoms with Crippen molar-refractivity contribution in [1.82, 2.24) is 9.55 Å². The Morgan fingerprint density at radius 3 is 2.72 bits per heavy atom. The number of hydrogen-bond acceptors (Lipinski definition) is 3. The van der Waals surface area contributed by atoms with Crippen molar-refractivity contribution in [3.8, 4) is 0 Å². The van der Waals surface area contributed by atoms with E-state index in [1.807, 2.05) is 0 Å². The van der Waals surface area contributed by atoms with Gasteiger partial charge >= 0.3 is 17.1 Å². The molecule has 0 saturated heterocycles. The summed E-state index contributed by atoms with van der Waals surface area (Å²) in [5.41, 5.74) is -1.82. The summed E-state index contributed by atoms with van der Waals surface area (Å²) in [5.74, 6) is -1.90. The molecule has 0 aliphatic rings. The Balaban J connectivity index is 2.97. The van der Waals surface area contributed by atoms with Crippen LogP contribution in [0.3, 0.4) is 0 Å². The molecule has 0 atom stereocenters. The second kappa shape index (κ2) is 4.37. The van der Waals surface area contributed by atoms with Crippen molar-refractivity contribution < 1.29 is 14.3 Å². The number of rotatable bonds is 2. The molecule has 8 heteroatoms. The number of carbonyl (C=O) groups is 1. The van der Waals surface area contributed by atoms with E-state index in [9.17, 15) is 18.8 Å². The van der Waals surface area contributed by atoms with Gasteiger partial charge in [-0.1, -0.05) is 0 Å². The Kier molecular flexibility index (Phi) is 3.04. The molecule has 0 unspecified atom stereocenters. The number of hydrogen-bond donors (Lipinski definition) is 2. The van der Waals surface area contributed by atoms with Gasteiger partial charge in [0.2, 0.25) is 0 Å². The number of halogens is 2. The molecule has 1 aromatic carbocycles. The summed E-state index contributed by atoms with van der Waals surface area (Å²) >= 11 is 3.03. The number of H-pyrrole nitrogens is 1. The predicted octanol–water partition coefficient (Wildman–Crippen LogP) is 0.676. The van der Waals surface area contributed by atoms with E-state index < -0.39 is 29.4 Å². The maximum absolute atomic E-state index is 13.2. The van der Waals surface area contributed by atoms with E-state index in [0.29, 0.717) is 0 Å². The third kappa shape index (κ3) is 2.06. The minimum Gasteiger partial charge on any atom is -0.480 e. The smallest absolute Gasteiger partial charge is 0.323 e. The molecule has 0 amide bonds. The van der Waals surface area contributed by atoms with E-state index in [1.54, 1.807) is 0 Å². The Hall–Kier alpha value is -1.96. The third-order valence-corrected chi connectivity index (χ3v) is 2.88. The van der Waals surface area contributed by atoms with Crippen LogP contribution < -0.4 is 11.1 Å². The van der Waals surface area contributed by atoms with Gasteiger partial charge in [0, 0.05) is 4.47 Å². The van der Waals surface area contributed by atoms with Crippen LogP contribution in [0.4, 0.5) is 4.39 Å². The number of aromatic nitrogens is 2. The first kappa shape index (κ1) is 12.5. The number of aliphatic carboxylic acids is 1. The van der Waals surface area contributed by atoms with Crippen LogP contribution in [0.2, 0.25) is 0 Å². The van der Waals surface area contributed by atoms with Crippen LogP contribution in [-0.4, -0.2) is 20.6 Å². The van der Waals surface area contributed by atoms with Crippen LogP contribution in [0.5, 0.6) is 0 Å². The maximum Gasteiger partial charge on any atom is 0.323 e. The zero-order chi connectivity index (χ0) is 13.4. The Morgan fingerprint density at radius 2 is 2.11 bits per heavy atom. The SMILES string of the molecule is O=C(O)Cn1c(=O)c(=O)[nH]c2cc(F)cc(Br)c21. The molecule has 2 rings (SSSR count). The fraction of sp³-hybridized carbons (Fsp3) is 0.100. The Morgan fingerprint density at radius 1 is 1.44 bits per heavy atom. The van der Waals surface area contributed by atoms with Crippen molar-refractivity contribution in [2.75, 3.05) is 0 Å². The van der Waals surface area contributed by atoms with Gasteiger partial charge in [-0.2, -0.15) is 0 Å². The molecule has 0 aliphatic heterocycles. The monoisotopic (exact) mass is 316 g/mol. The van der Waals surface area contributed by atoms with Gasteiger partial charge < -0.3 is 10.1 Å². The fourth-order valence-electron chi connectivity index (χ4n) is 1.62. The molecule has 1 aromatic heterocycles. The molecule has 94 valence electrons. The van der Waals surface area contributed by atoms with Crippen molar-refractivity contribution in [2.24, 2.45) is 0 Å². The zero-order valence-corrected chi connectivity index (χ0v) is 10.3. The van der Waals surface area contributed by atoms with Crippen molar-refractivity contribution in [1.29, 1.82) is 0 Å². The molecule has 2 N–H and O–H groups in total. The number of carboxylic acid groups (broad SMARTS) is 1. The average Bonchev–Trinajstić information content (AvgIpc) is 2.23. The van der Waals surface area contributed by atoms with E-state index in [0.717, 1.165) is 16.7 Å². The molecule has 0 saturated carbocycles. The molecule has 18 heavy (non-hydrogen) atoms. The van der Waals surface area contributed by atoms with Crippen LogP contribution in [0.1, 0.15) is 0 Å². The number of nitrogens with one attached hydrogen (secondary N) is 1. The Bertz CT molecular complexity index is 765. The molecular weight excluding hydrogens is 311 g/mol. The van der Waals surface area contributed by atoms with Gasteiger partial charge in [0.1, 0.15) is 12.4 Å². The third-order valence-electron chi connectivity index (χ3n) is 2.28. The zero-order valence-electron chi connectivity index (χ0n) is 8.74. The largest absolute Gasteiger partial charge is 0.480 e. The van der Waals surface area contributed by atoms with E-state index in [-0.39, 0.29) is 15.5 Å². The number of fused-ring (bicyclic) bond motifs is 1. The number of benzene rings is 1. The summed E-state index contributed by atoms with van der Waals surface area (Å²) in [6.45, 7) is -0.677. The standard InChI is InChI=1S/C10H6BrFN2O4/c11-5-1-4(12)2-6-8(5)14(3-7(15)16)10(18)9(17)13-6/h1-2H,3H2,(H,13,17)(H,15,16). The molecule has 0 fully saturated rings. The van der Waals surface area contributed by atoms with E-state index in [4.69, 9.17) is 5.11 Å². The highest BCUT2D eigenvalue weighted by molar-refractivity contribution is 9.10. The van der Waals surface area contributed by atoms with E-state index >= 15 is 0 Å². The topological polar surface area (TPSA) is 92.2 Å². The van der Waals surface area contributed by atoms with Crippen LogP contribution in [-0.2, 0) is 11.3 Å². The highest BCUT2D eigenvalue weighted by atomic mass is 79.9. The summed E-state index contributed by atoms with van der Waals surface area (Å²) in [4.78, 5) is 35.8. The van der Waals surface area contributed by atoms with Crippen molar-refractivity contribution in [3.63, 3.8) is 0 Å². The second-order valence-corrected chi connectivity index (χ2v) is 4.38. The lowest BCUT2D eigenvalue weighted by molar-refractivity contribution is -0.137. The highest BCUT2D eigenvalue weighted by Crippen LogP contribution is 2.22. The van der Waals surface area contributed by atoms with Crippen molar-refractivity contribution in [3.05, 3.63) is 43.1 Å². The van der Waals surface area contributed by atoms with E-state index in [2.05, 4.69) is 20.9 Å². The van der Waals surface area contributed by atoms with Gasteiger partial charge in [-0.3, -0.25) is 19.0 Å². The first-order chi connectivity index (χ1) is 8.40. The van der Waals surface area contributed by atoms with Crippen LogP contribution in [0.15, 0.2) is 26.2 Å². The summed E-state index contributed by atoms with van der Waals surface area (Å²) in [6, 6.07) is 2.09. The normalized spacial score (nSPS) is 10.8. The van der Waals surface area contributed by atoms with Crippen molar-refractivity contribution >= 4 is 32.9 Å². The van der Waals surface area contributed by atoms with E-state index in [1.165, 1.54) is 0 Å². The lowest BCUT2D eigenvalue weighted by Gasteiger charge is -2.08. The minimum atomic E-state index is -1.28. The van der Waals surface area contributed by atoms with Gasteiger partial charge in [-0.05, 0) is 28.1 Å². The summed E-state index contributed by atoms with van der Waals surface area (Å²) in [7, 11) is 0. The van der Waals surface area contributed by atoms with Crippen LogP contribution in [0, 0.1) is 5.82 Å². The maximum atomic E-state index is 13.2. The number of aromatic amines is 1. The lowest BCUT2D eigenvalue weighted by Crippen LogP contribution is -2.38. The Labute approximate surface area is 107 Å². The molecule has 1 heterocycles. The molecular formula is C10H6BrFN2O4. The van der Waals surface area contributed by atoms with Crippen molar-refractivity contribution in [2.45, 2.75) is 6.54 Å². The first-order valence-corrected chi connectivity index (χ1v) is 5.53. The lowest BCUT2D eigenvalue weighted by atomic mass is 10.3. The van der Waals surface area contributed by atoms with Gasteiger partial charge in [-0.25, -0.2) is 4.39 Å². The highest BCUT2D eigenvalue weighted by Gasteiger charge is 2.14. The molecule has 0 bridgehead atoms. The molecule has 0 spiro atoms. The quantitative estimate of drug-likeness (QED) is 0.797. The summed E-state index contributed by atoms with van der Waals surface area (Å²) in [6.07, 6.45) is 0. The number of carboxylic acids is 1. The van der Waals surface area contributed by atoms with Gasteiger partial charge in [-0.15, -0.1) is 0 Å². The summed E-state index contributed by atoms with van der Waals surface area (Å²) < 4.78 is 14.1. The molecule has 2 aromatic rings. The number of nitrogens with zero attached hydrogens (tertiary/aromatic N) is 1. The second-order valence-electron chi connectivity index (χ2n) is 3.52. The molecule has 6 nitrogen and oxygen atoms in total. The van der Waals surface area contributed by atoms with Gasteiger partial charge in [0.05, 0.1) is 11.0 Å². The predicted molar refractivity (Wildman–Crippen MR) is 64.1 cm³/mol. The first-order valence-electron chi connectivity index (χ1n) is 4.74. The minimum absolute atomic E-state index is 0.0488. The van der Waals surface area contributed by atoms with Crippen LogP contribution in [0.25, 0.3) is 11.0 Å². The summed E-state index contributed by atoms with van der Waals surface area (Å²) in [5, 5.41) is 8.73.